The summed E-state index contributed by atoms with van der Waals surface area (Å²) in [5.41, 5.74) is 3.61. The lowest BCUT2D eigenvalue weighted by Gasteiger charge is -2.17. The van der Waals surface area contributed by atoms with Crippen molar-refractivity contribution in [2.24, 2.45) is 0 Å². The van der Waals surface area contributed by atoms with Gasteiger partial charge >= 0.3 is 0 Å². The maximum Gasteiger partial charge on any atom is 0.274 e. The highest BCUT2D eigenvalue weighted by Gasteiger charge is 2.16. The summed E-state index contributed by atoms with van der Waals surface area (Å²) >= 11 is 0. The molecule has 2 amide bonds. The second-order valence-corrected chi connectivity index (χ2v) is 8.03. The van der Waals surface area contributed by atoms with E-state index >= 15 is 0 Å². The van der Waals surface area contributed by atoms with Crippen molar-refractivity contribution in [2.75, 3.05) is 11.9 Å². The number of rotatable bonds is 8. The molecule has 0 aliphatic heterocycles. The molecule has 0 aliphatic carbocycles. The summed E-state index contributed by atoms with van der Waals surface area (Å²) in [6.45, 7) is 2.95. The molecule has 7 nitrogen and oxygen atoms in total. The molecule has 0 unspecified atom stereocenters. The number of pyridine rings is 1. The largest absolute Gasteiger partial charge is 0.488 e. The summed E-state index contributed by atoms with van der Waals surface area (Å²) in [5, 5.41) is 5.81. The fourth-order valence-electron chi connectivity index (χ4n) is 3.58. The average molecular weight is 478 g/mol. The normalized spacial score (nSPS) is 11.9. The monoisotopic (exact) mass is 478 g/mol. The van der Waals surface area contributed by atoms with E-state index < -0.39 is 13.0 Å². The number of nitrogens with one attached hydrogen (secondary N) is 2. The lowest BCUT2D eigenvalue weighted by molar-refractivity contribution is 0.0817. The minimum Gasteiger partial charge on any atom is -0.488 e. The molecule has 9 heteroatoms. The Morgan fingerprint density at radius 1 is 1.06 bits per heavy atom. The van der Waals surface area contributed by atoms with Gasteiger partial charge in [0.2, 0.25) is 0 Å². The molecular weight excluding hydrogens is 454 g/mol. The van der Waals surface area contributed by atoms with E-state index in [1.807, 2.05) is 50.2 Å². The van der Waals surface area contributed by atoms with Crippen molar-refractivity contribution in [1.29, 1.82) is 0 Å². The highest BCUT2D eigenvalue weighted by Crippen LogP contribution is 2.23. The maximum absolute atomic E-state index is 12.9. The van der Waals surface area contributed by atoms with Crippen LogP contribution in [0.2, 0.25) is 0 Å². The number of aromatic nitrogens is 2. The minimum absolute atomic E-state index is 0.193. The van der Waals surface area contributed by atoms with Gasteiger partial charge in [-0.3, -0.25) is 14.0 Å². The van der Waals surface area contributed by atoms with Crippen LogP contribution in [0, 0.1) is 6.92 Å². The summed E-state index contributed by atoms with van der Waals surface area (Å²) in [7, 11) is 0. The molecule has 0 spiro atoms. The Balaban J connectivity index is 1.46. The summed E-state index contributed by atoms with van der Waals surface area (Å²) in [6.07, 6.45) is 0.689. The van der Waals surface area contributed by atoms with Crippen LogP contribution in [0.3, 0.4) is 0 Å². The predicted molar refractivity (Wildman–Crippen MR) is 128 cm³/mol. The van der Waals surface area contributed by atoms with Crippen molar-refractivity contribution in [1.82, 2.24) is 14.7 Å². The first-order chi connectivity index (χ1) is 16.8. The van der Waals surface area contributed by atoms with Crippen molar-refractivity contribution in [3.8, 4) is 5.75 Å². The smallest absolute Gasteiger partial charge is 0.274 e. The fourth-order valence-corrected chi connectivity index (χ4v) is 3.58. The predicted octanol–water partition coefficient (Wildman–Crippen LogP) is 5.03. The van der Waals surface area contributed by atoms with E-state index in [4.69, 9.17) is 4.74 Å². The number of imidazole rings is 1. The van der Waals surface area contributed by atoms with Crippen molar-refractivity contribution in [2.45, 2.75) is 26.3 Å². The zero-order valence-electron chi connectivity index (χ0n) is 19.2. The Morgan fingerprint density at radius 3 is 2.69 bits per heavy atom. The standard InChI is InChI=1S/C26H24F2N4O3/c1-16-9-10-18(13-21(16)31-26(34)22-14-29-24-8-3-4-11-32(22)24)17(2)30-25(33)19-6-5-7-20(12-19)35-15-23(27)28/h3-14,17,23H,15H2,1-2H3,(H,30,33)(H,31,34)/t17-/m0/s1. The lowest BCUT2D eigenvalue weighted by Crippen LogP contribution is -2.27. The molecule has 0 saturated carbocycles. The Morgan fingerprint density at radius 2 is 1.89 bits per heavy atom. The first-order valence-corrected chi connectivity index (χ1v) is 11.0. The first kappa shape index (κ1) is 23.9. The number of alkyl halides is 2. The fraction of sp³-hybridized carbons (Fsp3) is 0.192. The van der Waals surface area contributed by atoms with Crippen molar-refractivity contribution in [3.63, 3.8) is 0 Å². The molecule has 0 fully saturated rings. The zero-order valence-corrected chi connectivity index (χ0v) is 19.2. The van der Waals surface area contributed by atoms with E-state index in [0.29, 0.717) is 17.0 Å². The number of halogens is 2. The molecular formula is C26H24F2N4O3. The van der Waals surface area contributed by atoms with Crippen LogP contribution < -0.4 is 15.4 Å². The second kappa shape index (κ2) is 10.3. The van der Waals surface area contributed by atoms with Gasteiger partial charge in [0.1, 0.15) is 23.7 Å². The zero-order chi connectivity index (χ0) is 24.9. The number of nitrogens with zero attached hydrogens (tertiary/aromatic N) is 2. The lowest BCUT2D eigenvalue weighted by atomic mass is 10.0. The quantitative estimate of drug-likeness (QED) is 0.372. The van der Waals surface area contributed by atoms with E-state index in [1.54, 1.807) is 22.7 Å². The minimum atomic E-state index is -2.60. The van der Waals surface area contributed by atoms with Crippen molar-refractivity contribution in [3.05, 3.63) is 95.4 Å². The number of carbonyl (C=O) groups excluding carboxylic acids is 2. The Kier molecular flexibility index (Phi) is 7.05. The molecule has 0 radical (unpaired) electrons. The van der Waals surface area contributed by atoms with Crippen LogP contribution in [0.15, 0.2) is 73.1 Å². The summed E-state index contributed by atoms with van der Waals surface area (Å²) in [4.78, 5) is 29.9. The molecule has 4 rings (SSSR count). The van der Waals surface area contributed by atoms with Crippen molar-refractivity contribution >= 4 is 23.1 Å². The van der Waals surface area contributed by atoms with E-state index in [9.17, 15) is 18.4 Å². The van der Waals surface area contributed by atoms with Crippen LogP contribution in [-0.2, 0) is 0 Å². The number of fused-ring (bicyclic) bond motifs is 1. The van der Waals surface area contributed by atoms with Gasteiger partial charge in [0.15, 0.2) is 0 Å². The molecule has 0 saturated heterocycles. The van der Waals surface area contributed by atoms with Crippen molar-refractivity contribution < 1.29 is 23.1 Å². The number of hydrogen-bond donors (Lipinski definition) is 2. The number of anilines is 1. The first-order valence-electron chi connectivity index (χ1n) is 11.0. The van der Waals surface area contributed by atoms with Gasteiger partial charge in [0.25, 0.3) is 18.2 Å². The number of benzene rings is 2. The highest BCUT2D eigenvalue weighted by molar-refractivity contribution is 6.04. The molecule has 4 aromatic rings. The van der Waals surface area contributed by atoms with Gasteiger partial charge < -0.3 is 15.4 Å². The molecule has 180 valence electrons. The molecule has 1 atom stereocenters. The maximum atomic E-state index is 12.9. The highest BCUT2D eigenvalue weighted by atomic mass is 19.3. The number of hydrogen-bond acceptors (Lipinski definition) is 4. The summed E-state index contributed by atoms with van der Waals surface area (Å²) < 4.78 is 31.5. The van der Waals surface area contributed by atoms with E-state index in [-0.39, 0.29) is 29.2 Å². The Hall–Kier alpha value is -4.27. The third kappa shape index (κ3) is 5.63. The third-order valence-corrected chi connectivity index (χ3v) is 5.48. The van der Waals surface area contributed by atoms with Crippen LogP contribution in [0.4, 0.5) is 14.5 Å². The van der Waals surface area contributed by atoms with Gasteiger partial charge in [-0.2, -0.15) is 0 Å². The van der Waals surface area contributed by atoms with Gasteiger partial charge in [-0.25, -0.2) is 13.8 Å². The Bertz CT molecular complexity index is 1370. The van der Waals surface area contributed by atoms with Gasteiger partial charge in [0, 0.05) is 17.4 Å². The summed E-state index contributed by atoms with van der Waals surface area (Å²) in [6, 6.07) is 16.7. The number of amides is 2. The SMILES string of the molecule is Cc1ccc([C@H](C)NC(=O)c2cccc(OCC(F)F)c2)cc1NC(=O)c1cnc2ccccn12. The topological polar surface area (TPSA) is 84.7 Å². The molecule has 35 heavy (non-hydrogen) atoms. The van der Waals surface area contributed by atoms with Gasteiger partial charge in [-0.05, 0) is 61.4 Å². The number of ether oxygens (including phenoxy) is 1. The molecule has 2 aromatic heterocycles. The summed E-state index contributed by atoms with van der Waals surface area (Å²) in [5.74, 6) is -0.489. The number of aryl methyl sites for hydroxylation is 1. The van der Waals surface area contributed by atoms with Crippen LogP contribution in [0.5, 0.6) is 5.75 Å². The van der Waals surface area contributed by atoms with Crippen LogP contribution >= 0.6 is 0 Å². The molecule has 0 aliphatic rings. The Labute approximate surface area is 200 Å². The average Bonchev–Trinajstić information content (AvgIpc) is 3.28. The van der Waals surface area contributed by atoms with E-state index in [1.165, 1.54) is 18.3 Å². The molecule has 0 bridgehead atoms. The molecule has 2 N–H and O–H groups in total. The third-order valence-electron chi connectivity index (χ3n) is 5.48. The van der Waals surface area contributed by atoms with Crippen LogP contribution in [-0.4, -0.2) is 34.2 Å². The van der Waals surface area contributed by atoms with Gasteiger partial charge in [-0.1, -0.05) is 24.3 Å². The van der Waals surface area contributed by atoms with E-state index in [2.05, 4.69) is 15.6 Å². The molecule has 2 aromatic carbocycles. The van der Waals surface area contributed by atoms with Crippen LogP contribution in [0.1, 0.15) is 44.9 Å². The molecule has 2 heterocycles. The van der Waals surface area contributed by atoms with Gasteiger partial charge in [0.05, 0.1) is 12.2 Å². The van der Waals surface area contributed by atoms with Crippen LogP contribution in [0.25, 0.3) is 5.65 Å². The van der Waals surface area contributed by atoms with Gasteiger partial charge in [-0.15, -0.1) is 0 Å². The second-order valence-electron chi connectivity index (χ2n) is 8.03. The van der Waals surface area contributed by atoms with E-state index in [0.717, 1.165) is 11.1 Å². The number of carbonyl (C=O) groups is 2.